The molecule has 0 aromatic heterocycles. The van der Waals surface area contributed by atoms with Gasteiger partial charge in [0.2, 0.25) is 0 Å². The molecule has 2 N–H and O–H groups in total. The maximum atomic E-state index is 12.0. The zero-order valence-corrected chi connectivity index (χ0v) is 20.8. The zero-order valence-electron chi connectivity index (χ0n) is 20.8. The van der Waals surface area contributed by atoms with E-state index in [0.29, 0.717) is 30.3 Å². The Kier molecular flexibility index (Phi) is 6.22. The van der Waals surface area contributed by atoms with Crippen molar-refractivity contribution < 1.29 is 34.0 Å². The van der Waals surface area contributed by atoms with Crippen molar-refractivity contribution in [2.75, 3.05) is 20.3 Å². The van der Waals surface area contributed by atoms with Crippen molar-refractivity contribution in [3.63, 3.8) is 0 Å². The van der Waals surface area contributed by atoms with Crippen LogP contribution in [0.1, 0.15) is 57.8 Å². The number of hydrogen-bond acceptors (Lipinski definition) is 7. The molecule has 0 bridgehead atoms. The summed E-state index contributed by atoms with van der Waals surface area (Å²) < 4.78 is 23.1. The van der Waals surface area contributed by atoms with E-state index in [1.807, 2.05) is 12.1 Å². The van der Waals surface area contributed by atoms with Gasteiger partial charge in [0.15, 0.2) is 17.8 Å². The number of cyclic esters (lactones) is 1. The van der Waals surface area contributed by atoms with Crippen LogP contribution in [0.5, 0.6) is 11.5 Å². The van der Waals surface area contributed by atoms with Crippen molar-refractivity contribution in [3.8, 4) is 11.5 Å². The van der Waals surface area contributed by atoms with Gasteiger partial charge in [0, 0.05) is 11.0 Å². The third kappa shape index (κ3) is 3.98. The maximum absolute atomic E-state index is 12.0. The van der Waals surface area contributed by atoms with E-state index < -0.39 is 18.4 Å². The lowest BCUT2D eigenvalue weighted by Gasteiger charge is -2.62. The summed E-state index contributed by atoms with van der Waals surface area (Å²) in [7, 11) is 1.53. The van der Waals surface area contributed by atoms with Crippen LogP contribution in [0.25, 0.3) is 0 Å². The van der Waals surface area contributed by atoms with E-state index in [2.05, 4.69) is 20.4 Å². The van der Waals surface area contributed by atoms with Crippen molar-refractivity contribution >= 4 is 5.97 Å². The molecular formula is C28H36O7. The molecule has 1 aromatic carbocycles. The number of benzene rings is 1. The van der Waals surface area contributed by atoms with Crippen LogP contribution in [-0.4, -0.2) is 48.7 Å². The van der Waals surface area contributed by atoms with Gasteiger partial charge in [0.1, 0.15) is 12.7 Å². The Morgan fingerprint density at radius 1 is 1.26 bits per heavy atom. The monoisotopic (exact) mass is 484 g/mol. The number of rotatable bonds is 4. The van der Waals surface area contributed by atoms with Crippen molar-refractivity contribution in [3.05, 3.63) is 47.6 Å². The molecule has 2 aliphatic heterocycles. The predicted molar refractivity (Wildman–Crippen MR) is 129 cm³/mol. The lowest BCUT2D eigenvalue weighted by molar-refractivity contribution is -0.307. The van der Waals surface area contributed by atoms with Crippen molar-refractivity contribution in [2.45, 2.75) is 64.4 Å². The molecule has 7 atom stereocenters. The number of carbonyl (C=O) groups excluding carboxylic acids is 1. The van der Waals surface area contributed by atoms with Crippen LogP contribution < -0.4 is 4.74 Å². The summed E-state index contributed by atoms with van der Waals surface area (Å²) in [4.78, 5) is 12.0. The number of aromatic hydroxyl groups is 1. The minimum absolute atomic E-state index is 0.00752. The summed E-state index contributed by atoms with van der Waals surface area (Å²) in [6.07, 6.45) is 5.12. The van der Waals surface area contributed by atoms with Crippen LogP contribution in [-0.2, 0) is 19.0 Å². The number of esters is 1. The first-order chi connectivity index (χ1) is 16.7. The van der Waals surface area contributed by atoms with Gasteiger partial charge < -0.3 is 29.2 Å². The molecular weight excluding hydrogens is 448 g/mol. The molecule has 5 rings (SSSR count). The SMILES string of the molecule is C=C1CC[C@@H]2[C@]3(C)COC(c4ccc(O)c(OC)c4)O[C@@H]3CC[C@@]2(C)[C@@H]1C/C=C1/C(=O)OC[C@H]1O. The number of carbonyl (C=O) groups is 1. The van der Waals surface area contributed by atoms with E-state index >= 15 is 0 Å². The molecule has 0 amide bonds. The van der Waals surface area contributed by atoms with Crippen molar-refractivity contribution in [1.82, 2.24) is 0 Å². The molecule has 2 heterocycles. The first-order valence-electron chi connectivity index (χ1n) is 12.5. The van der Waals surface area contributed by atoms with Crippen LogP contribution >= 0.6 is 0 Å². The normalized spacial score (nSPS) is 40.2. The number of ether oxygens (including phenoxy) is 4. The van der Waals surface area contributed by atoms with Crippen molar-refractivity contribution in [1.29, 1.82) is 0 Å². The van der Waals surface area contributed by atoms with Gasteiger partial charge in [-0.05, 0) is 61.5 Å². The Labute approximate surface area is 206 Å². The standard InChI is InChI=1S/C28H36O7/c1-16-5-10-23-27(2,19(16)8-7-18-21(30)14-33-25(18)31)12-11-24-28(23,3)15-34-26(35-24)17-6-9-20(29)22(13-17)32-4/h6-7,9,13,19,21,23-24,26,29-30H,1,5,8,10-12,14-15H2,2-4H3/b18-7+/t19-,21-,23+,24-,26?,27+,28+/m1/s1. The zero-order chi connectivity index (χ0) is 25.0. The average molecular weight is 485 g/mol. The molecule has 1 aromatic rings. The number of phenolic OH excluding ortho intramolecular Hbond substituents is 1. The molecule has 35 heavy (non-hydrogen) atoms. The molecule has 2 saturated heterocycles. The molecule has 2 aliphatic carbocycles. The van der Waals surface area contributed by atoms with E-state index in [1.165, 1.54) is 12.7 Å². The summed E-state index contributed by atoms with van der Waals surface area (Å²) in [6.45, 7) is 9.68. The summed E-state index contributed by atoms with van der Waals surface area (Å²) in [5, 5.41) is 20.1. The van der Waals surface area contributed by atoms with Crippen LogP contribution in [0.15, 0.2) is 42.0 Å². The second kappa shape index (κ2) is 8.95. The van der Waals surface area contributed by atoms with Gasteiger partial charge in [-0.25, -0.2) is 4.79 Å². The minimum Gasteiger partial charge on any atom is -0.504 e. The highest BCUT2D eigenvalue weighted by atomic mass is 16.7. The summed E-state index contributed by atoms with van der Waals surface area (Å²) >= 11 is 0. The molecule has 4 fully saturated rings. The molecule has 0 spiro atoms. The second-order valence-electron chi connectivity index (χ2n) is 11.1. The molecule has 190 valence electrons. The fourth-order valence-corrected chi connectivity index (χ4v) is 7.21. The van der Waals surface area contributed by atoms with E-state index in [1.54, 1.807) is 12.1 Å². The minimum atomic E-state index is -0.841. The van der Waals surface area contributed by atoms with E-state index in [9.17, 15) is 15.0 Å². The predicted octanol–water partition coefficient (Wildman–Crippen LogP) is 4.44. The number of fused-ring (bicyclic) bond motifs is 3. The fraction of sp³-hybridized carbons (Fsp3) is 0.607. The Hall–Kier alpha value is -2.35. The highest BCUT2D eigenvalue weighted by Gasteiger charge is 2.60. The van der Waals surface area contributed by atoms with Crippen LogP contribution in [0.4, 0.5) is 0 Å². The molecule has 1 unspecified atom stereocenters. The molecule has 7 nitrogen and oxygen atoms in total. The van der Waals surface area contributed by atoms with E-state index in [-0.39, 0.29) is 35.2 Å². The van der Waals surface area contributed by atoms with E-state index in [4.69, 9.17) is 18.9 Å². The summed E-state index contributed by atoms with van der Waals surface area (Å²) in [6, 6.07) is 5.19. The van der Waals surface area contributed by atoms with Gasteiger partial charge >= 0.3 is 5.97 Å². The number of hydrogen-bond donors (Lipinski definition) is 2. The molecule has 0 radical (unpaired) electrons. The molecule has 2 saturated carbocycles. The van der Waals surface area contributed by atoms with Crippen molar-refractivity contribution in [2.24, 2.45) is 22.7 Å². The van der Waals surface area contributed by atoms with Crippen LogP contribution in [0.3, 0.4) is 0 Å². The van der Waals surface area contributed by atoms with Gasteiger partial charge in [-0.2, -0.15) is 0 Å². The quantitative estimate of drug-likeness (QED) is 0.371. The van der Waals surface area contributed by atoms with Crippen LogP contribution in [0, 0.1) is 22.7 Å². The topological polar surface area (TPSA) is 94.5 Å². The third-order valence-corrected chi connectivity index (χ3v) is 9.17. The number of allylic oxidation sites excluding steroid dienone is 2. The number of phenols is 1. The van der Waals surface area contributed by atoms with Crippen LogP contribution in [0.2, 0.25) is 0 Å². The summed E-state index contributed by atoms with van der Waals surface area (Å²) in [5.74, 6) is 0.664. The number of methoxy groups -OCH3 is 1. The lowest BCUT2D eigenvalue weighted by atomic mass is 9.46. The van der Waals surface area contributed by atoms with Gasteiger partial charge in [-0.15, -0.1) is 0 Å². The van der Waals surface area contributed by atoms with Gasteiger partial charge in [-0.1, -0.05) is 38.1 Å². The number of aliphatic hydroxyl groups excluding tert-OH is 1. The van der Waals surface area contributed by atoms with Gasteiger partial charge in [0.05, 0.1) is 25.4 Å². The molecule has 4 aliphatic rings. The summed E-state index contributed by atoms with van der Waals surface area (Å²) in [5.41, 5.74) is 2.27. The fourth-order valence-electron chi connectivity index (χ4n) is 7.21. The largest absolute Gasteiger partial charge is 0.504 e. The Morgan fingerprint density at radius 2 is 2.06 bits per heavy atom. The van der Waals surface area contributed by atoms with Gasteiger partial charge in [-0.3, -0.25) is 0 Å². The lowest BCUT2D eigenvalue weighted by Crippen LogP contribution is -2.60. The number of aliphatic hydroxyl groups is 1. The highest BCUT2D eigenvalue weighted by Crippen LogP contribution is 2.64. The smallest absolute Gasteiger partial charge is 0.336 e. The molecule has 7 heteroatoms. The third-order valence-electron chi connectivity index (χ3n) is 9.17. The van der Waals surface area contributed by atoms with E-state index in [0.717, 1.165) is 31.2 Å². The Bertz CT molecular complexity index is 1050. The first-order valence-corrected chi connectivity index (χ1v) is 12.5. The second-order valence-corrected chi connectivity index (χ2v) is 11.1. The Balaban J connectivity index is 1.37. The average Bonchev–Trinajstić information content (AvgIpc) is 3.15. The van der Waals surface area contributed by atoms with Gasteiger partial charge in [0.25, 0.3) is 0 Å². The Morgan fingerprint density at radius 3 is 2.77 bits per heavy atom. The first kappa shape index (κ1) is 24.3. The highest BCUT2D eigenvalue weighted by molar-refractivity contribution is 5.91. The maximum Gasteiger partial charge on any atom is 0.336 e.